The fourth-order valence-electron chi connectivity index (χ4n) is 0.432. The molecule has 44 valence electrons. The number of nitriles is 1. The number of unbranched alkanes of at least 4 members (excludes halogenated alkanes) is 1. The largest absolute Gasteiger partial charge is 0.198 e. The van der Waals surface area contributed by atoms with E-state index in [1.54, 1.807) is 0 Å². The Hall–Kier alpha value is -0.770. The Labute approximate surface area is 50.6 Å². The van der Waals surface area contributed by atoms with E-state index in [1.807, 2.05) is 6.08 Å². The quantitative estimate of drug-likeness (QED) is 0.403. The molecule has 0 aromatic carbocycles. The van der Waals surface area contributed by atoms with Crippen LogP contribution in [0.2, 0.25) is 0 Å². The van der Waals surface area contributed by atoms with Gasteiger partial charge in [-0.05, 0) is 12.8 Å². The summed E-state index contributed by atoms with van der Waals surface area (Å²) in [6.07, 6.45) is 6.76. The molecule has 1 heteroatoms. The van der Waals surface area contributed by atoms with Crippen molar-refractivity contribution in [3.8, 4) is 6.07 Å². The molecule has 0 unspecified atom stereocenters. The predicted octanol–water partition coefficient (Wildman–Crippen LogP) is 2.26. The van der Waals surface area contributed by atoms with Crippen LogP contribution in [0.1, 0.15) is 26.2 Å². The number of allylic oxidation sites excluding steroid dienone is 2. The Morgan fingerprint density at radius 1 is 1.50 bits per heavy atom. The Balaban J connectivity index is 2.94. The maximum Gasteiger partial charge on any atom is 0.0624 e. The second-order valence-corrected chi connectivity index (χ2v) is 1.58. The lowest BCUT2D eigenvalue weighted by Gasteiger charge is -1.78. The molecule has 0 amide bonds. The van der Waals surface area contributed by atoms with Gasteiger partial charge in [0.05, 0.1) is 6.07 Å². The van der Waals surface area contributed by atoms with Gasteiger partial charge in [-0.3, -0.25) is 0 Å². The average Bonchev–Trinajstić information content (AvgIpc) is 1.81. The average molecular weight is 109 g/mol. The number of nitrogens with zero attached hydrogens (tertiary/aromatic N) is 1. The normalized spacial score (nSPS) is 9.50. The highest BCUT2D eigenvalue weighted by molar-refractivity contribution is 4.84. The molecule has 0 aromatic heterocycles. The van der Waals surface area contributed by atoms with E-state index in [4.69, 9.17) is 5.26 Å². The molecule has 0 heterocycles. The summed E-state index contributed by atoms with van der Waals surface area (Å²) in [5.41, 5.74) is 0. The first-order valence-electron chi connectivity index (χ1n) is 2.93. The van der Waals surface area contributed by atoms with E-state index in [1.165, 1.54) is 0 Å². The Morgan fingerprint density at radius 2 is 2.25 bits per heavy atom. The van der Waals surface area contributed by atoms with Crippen LogP contribution in [0.5, 0.6) is 0 Å². The minimum Gasteiger partial charge on any atom is -0.198 e. The van der Waals surface area contributed by atoms with Crippen molar-refractivity contribution in [1.82, 2.24) is 0 Å². The van der Waals surface area contributed by atoms with Crippen molar-refractivity contribution in [2.45, 2.75) is 26.2 Å². The summed E-state index contributed by atoms with van der Waals surface area (Å²) >= 11 is 0. The zero-order valence-electron chi connectivity index (χ0n) is 5.22. The van der Waals surface area contributed by atoms with Gasteiger partial charge >= 0.3 is 0 Å². The van der Waals surface area contributed by atoms with Crippen LogP contribution in [0.3, 0.4) is 0 Å². The Bertz CT molecular complexity index is 97.4. The highest BCUT2D eigenvalue weighted by Crippen LogP contribution is 1.89. The number of rotatable bonds is 3. The van der Waals surface area contributed by atoms with Crippen molar-refractivity contribution < 1.29 is 0 Å². The molecule has 0 aliphatic carbocycles. The van der Waals surface area contributed by atoms with Crippen LogP contribution in [-0.2, 0) is 0 Å². The molecule has 0 N–H and O–H groups in total. The van der Waals surface area contributed by atoms with Gasteiger partial charge in [0.1, 0.15) is 0 Å². The van der Waals surface area contributed by atoms with Crippen molar-refractivity contribution in [2.24, 2.45) is 0 Å². The van der Waals surface area contributed by atoms with Crippen LogP contribution in [0, 0.1) is 11.3 Å². The Kier molecular flexibility index (Phi) is 5.63. The van der Waals surface area contributed by atoms with Gasteiger partial charge in [-0.15, -0.1) is 0 Å². The van der Waals surface area contributed by atoms with Crippen molar-refractivity contribution in [2.75, 3.05) is 0 Å². The van der Waals surface area contributed by atoms with Gasteiger partial charge in [0.2, 0.25) is 0 Å². The maximum atomic E-state index is 8.08. The fourth-order valence-corrected chi connectivity index (χ4v) is 0.432. The SMILES string of the molecule is CCC=CCCC#N. The summed E-state index contributed by atoms with van der Waals surface area (Å²) in [5.74, 6) is 0. The van der Waals surface area contributed by atoms with Crippen molar-refractivity contribution in [3.63, 3.8) is 0 Å². The van der Waals surface area contributed by atoms with E-state index in [2.05, 4.69) is 19.1 Å². The van der Waals surface area contributed by atoms with Crippen molar-refractivity contribution >= 4 is 0 Å². The monoisotopic (exact) mass is 109 g/mol. The first-order valence-corrected chi connectivity index (χ1v) is 2.93. The molecule has 0 rings (SSSR count). The lowest BCUT2D eigenvalue weighted by Crippen LogP contribution is -1.62. The third-order valence-electron chi connectivity index (χ3n) is 0.825. The highest BCUT2D eigenvalue weighted by Gasteiger charge is 1.73. The minimum atomic E-state index is 0.649. The zero-order valence-corrected chi connectivity index (χ0v) is 5.22. The van der Waals surface area contributed by atoms with E-state index in [0.717, 1.165) is 12.8 Å². The predicted molar refractivity (Wildman–Crippen MR) is 34.3 cm³/mol. The van der Waals surface area contributed by atoms with Crippen LogP contribution in [0.4, 0.5) is 0 Å². The van der Waals surface area contributed by atoms with Crippen LogP contribution in [-0.4, -0.2) is 0 Å². The summed E-state index contributed by atoms with van der Waals surface area (Å²) in [6, 6.07) is 2.08. The van der Waals surface area contributed by atoms with Gasteiger partial charge < -0.3 is 0 Å². The Morgan fingerprint density at radius 3 is 2.75 bits per heavy atom. The molecule has 0 atom stereocenters. The third kappa shape index (κ3) is 5.23. The topological polar surface area (TPSA) is 23.8 Å². The fraction of sp³-hybridized carbons (Fsp3) is 0.571. The van der Waals surface area contributed by atoms with Gasteiger partial charge in [0.15, 0.2) is 0 Å². The van der Waals surface area contributed by atoms with Crippen LogP contribution in [0.25, 0.3) is 0 Å². The number of hydrogen-bond acceptors (Lipinski definition) is 1. The lowest BCUT2D eigenvalue weighted by molar-refractivity contribution is 1.05. The van der Waals surface area contributed by atoms with E-state index in [9.17, 15) is 0 Å². The van der Waals surface area contributed by atoms with Gasteiger partial charge in [-0.1, -0.05) is 19.1 Å². The van der Waals surface area contributed by atoms with Gasteiger partial charge in [-0.25, -0.2) is 0 Å². The van der Waals surface area contributed by atoms with E-state index >= 15 is 0 Å². The van der Waals surface area contributed by atoms with Crippen LogP contribution in [0.15, 0.2) is 12.2 Å². The molecule has 0 fully saturated rings. The lowest BCUT2D eigenvalue weighted by atomic mass is 10.3. The first-order chi connectivity index (χ1) is 3.91. The standard InChI is InChI=1S/C7H11N/c1-2-3-4-5-6-7-8/h3-4H,2,5-6H2,1H3. The van der Waals surface area contributed by atoms with Crippen LogP contribution < -0.4 is 0 Å². The summed E-state index contributed by atoms with van der Waals surface area (Å²) in [6.45, 7) is 2.09. The second-order valence-electron chi connectivity index (χ2n) is 1.58. The summed E-state index contributed by atoms with van der Waals surface area (Å²) in [5, 5.41) is 8.08. The van der Waals surface area contributed by atoms with E-state index in [0.29, 0.717) is 6.42 Å². The molecule has 0 saturated carbocycles. The van der Waals surface area contributed by atoms with Gasteiger partial charge in [-0.2, -0.15) is 5.26 Å². The molecule has 0 bridgehead atoms. The van der Waals surface area contributed by atoms with E-state index < -0.39 is 0 Å². The third-order valence-corrected chi connectivity index (χ3v) is 0.825. The molecule has 0 aliphatic rings. The summed E-state index contributed by atoms with van der Waals surface area (Å²) < 4.78 is 0. The van der Waals surface area contributed by atoms with Crippen molar-refractivity contribution in [3.05, 3.63) is 12.2 Å². The summed E-state index contributed by atoms with van der Waals surface area (Å²) in [4.78, 5) is 0. The smallest absolute Gasteiger partial charge is 0.0624 e. The second kappa shape index (κ2) is 6.23. The molecule has 0 saturated heterocycles. The molecular weight excluding hydrogens is 98.1 g/mol. The van der Waals surface area contributed by atoms with Gasteiger partial charge in [0, 0.05) is 6.42 Å². The molecule has 1 nitrogen and oxygen atoms in total. The number of hydrogen-bond donors (Lipinski definition) is 0. The zero-order chi connectivity index (χ0) is 6.24. The maximum absolute atomic E-state index is 8.08. The molecule has 0 radical (unpaired) electrons. The summed E-state index contributed by atoms with van der Waals surface area (Å²) in [7, 11) is 0. The molecule has 0 aliphatic heterocycles. The van der Waals surface area contributed by atoms with Gasteiger partial charge in [0.25, 0.3) is 0 Å². The first kappa shape index (κ1) is 7.23. The van der Waals surface area contributed by atoms with Crippen LogP contribution >= 0.6 is 0 Å². The minimum absolute atomic E-state index is 0.649. The van der Waals surface area contributed by atoms with Crippen molar-refractivity contribution in [1.29, 1.82) is 5.26 Å². The highest BCUT2D eigenvalue weighted by atomic mass is 14.2. The van der Waals surface area contributed by atoms with E-state index in [-0.39, 0.29) is 0 Å². The molecular formula is C7H11N. The molecule has 0 aromatic rings. The molecule has 0 spiro atoms. The molecule has 8 heavy (non-hydrogen) atoms.